The van der Waals surface area contributed by atoms with Gasteiger partial charge in [-0.2, -0.15) is 0 Å². The Morgan fingerprint density at radius 2 is 1.75 bits per heavy atom. The van der Waals surface area contributed by atoms with Gasteiger partial charge in [0.2, 0.25) is 5.91 Å². The van der Waals surface area contributed by atoms with Crippen LogP contribution in [-0.4, -0.2) is 67.7 Å². The average Bonchev–Trinajstić information content (AvgIpc) is 2.70. The van der Waals surface area contributed by atoms with E-state index in [1.807, 2.05) is 24.0 Å². The Kier molecular flexibility index (Phi) is 11.2. The number of ether oxygens (including phenoxy) is 2. The zero-order valence-electron chi connectivity index (χ0n) is 16.5. The summed E-state index contributed by atoms with van der Waals surface area (Å²) in [5.74, 6) is 1.28. The van der Waals surface area contributed by atoms with Crippen molar-refractivity contribution in [1.82, 2.24) is 9.80 Å². The lowest BCUT2D eigenvalue weighted by Crippen LogP contribution is -2.55. The summed E-state index contributed by atoms with van der Waals surface area (Å²) in [5, 5.41) is 0. The molecule has 0 spiro atoms. The molecule has 3 rings (SSSR count). The molecule has 160 valence electrons. The second-order valence-electron chi connectivity index (χ2n) is 7.15. The number of carbonyl (C=O) groups excluding carboxylic acids is 1. The van der Waals surface area contributed by atoms with E-state index in [2.05, 4.69) is 17.0 Å². The molecule has 0 aliphatic carbocycles. The summed E-state index contributed by atoms with van der Waals surface area (Å²) >= 11 is 0. The highest BCUT2D eigenvalue weighted by molar-refractivity contribution is 5.85. The molecule has 2 heterocycles. The number of piperazine rings is 1. The van der Waals surface area contributed by atoms with Crippen molar-refractivity contribution in [1.29, 1.82) is 0 Å². The number of nitrogens with two attached hydrogens (primary N) is 1. The van der Waals surface area contributed by atoms with E-state index in [4.69, 9.17) is 15.2 Å². The molecule has 8 heteroatoms. The molecule has 2 aliphatic rings. The van der Waals surface area contributed by atoms with Crippen molar-refractivity contribution >= 4 is 30.7 Å². The summed E-state index contributed by atoms with van der Waals surface area (Å²) in [7, 11) is 0. The van der Waals surface area contributed by atoms with Crippen LogP contribution in [0.15, 0.2) is 24.3 Å². The monoisotopic (exact) mass is 433 g/mol. The van der Waals surface area contributed by atoms with Crippen molar-refractivity contribution in [3.8, 4) is 5.75 Å². The molecule has 1 aromatic rings. The number of nitrogens with zero attached hydrogens (tertiary/aromatic N) is 2. The normalized spacial score (nSPS) is 19.3. The van der Waals surface area contributed by atoms with E-state index in [9.17, 15) is 4.79 Å². The molecule has 0 radical (unpaired) electrons. The number of amides is 1. The molecule has 2 saturated heterocycles. The highest BCUT2D eigenvalue weighted by atomic mass is 35.5. The van der Waals surface area contributed by atoms with Crippen LogP contribution >= 0.6 is 24.8 Å². The number of hydrogen-bond donors (Lipinski definition) is 1. The fourth-order valence-corrected chi connectivity index (χ4v) is 3.73. The lowest BCUT2D eigenvalue weighted by Gasteiger charge is -2.37. The first-order valence-electron chi connectivity index (χ1n) is 9.73. The molecule has 0 saturated carbocycles. The third-order valence-corrected chi connectivity index (χ3v) is 5.38. The summed E-state index contributed by atoms with van der Waals surface area (Å²) in [4.78, 5) is 17.0. The van der Waals surface area contributed by atoms with Gasteiger partial charge in [-0.25, -0.2) is 0 Å². The Hall–Kier alpha value is -1.05. The van der Waals surface area contributed by atoms with Crippen molar-refractivity contribution in [2.45, 2.75) is 32.4 Å². The molecular formula is C20H33Cl2N3O3. The van der Waals surface area contributed by atoms with Gasteiger partial charge in [-0.15, -0.1) is 24.8 Å². The van der Waals surface area contributed by atoms with E-state index in [1.165, 1.54) is 5.56 Å². The molecule has 1 unspecified atom stereocenters. The van der Waals surface area contributed by atoms with Crippen molar-refractivity contribution in [3.05, 3.63) is 29.8 Å². The smallest absolute Gasteiger partial charge is 0.239 e. The minimum Gasteiger partial charge on any atom is -0.494 e. The molecule has 0 aromatic heterocycles. The molecule has 2 N–H and O–H groups in total. The Bertz CT molecular complexity index is 575. The molecule has 2 aliphatic heterocycles. The molecule has 6 nitrogen and oxygen atoms in total. The number of hydrogen-bond acceptors (Lipinski definition) is 5. The van der Waals surface area contributed by atoms with Gasteiger partial charge in [0.15, 0.2) is 0 Å². The van der Waals surface area contributed by atoms with Crippen molar-refractivity contribution in [2.75, 3.05) is 46.0 Å². The Labute approximate surface area is 180 Å². The summed E-state index contributed by atoms with van der Waals surface area (Å²) < 4.78 is 10.9. The van der Waals surface area contributed by atoms with Gasteiger partial charge in [-0.3, -0.25) is 9.69 Å². The van der Waals surface area contributed by atoms with E-state index in [0.717, 1.165) is 64.5 Å². The predicted octanol–water partition coefficient (Wildman–Crippen LogP) is 2.33. The fraction of sp³-hybridized carbons (Fsp3) is 0.650. The number of halogens is 2. The standard InChI is InChI=1S/C20H31N3O3.2ClH/c1-2-26-18-5-3-16(4-6-18)15-22-9-11-23(12-10-22)20(24)19(21)17-7-13-25-14-8-17;;/h3-6,17,19H,2,7-15,21H2,1H3;2*1H. The second-order valence-corrected chi connectivity index (χ2v) is 7.15. The zero-order chi connectivity index (χ0) is 18.4. The quantitative estimate of drug-likeness (QED) is 0.745. The highest BCUT2D eigenvalue weighted by Gasteiger charge is 2.31. The Morgan fingerprint density at radius 1 is 1.14 bits per heavy atom. The second kappa shape index (κ2) is 12.5. The summed E-state index contributed by atoms with van der Waals surface area (Å²) in [6.45, 7) is 8.32. The van der Waals surface area contributed by atoms with Crippen LogP contribution in [0.3, 0.4) is 0 Å². The maximum atomic E-state index is 12.7. The topological polar surface area (TPSA) is 68.0 Å². The van der Waals surface area contributed by atoms with Gasteiger partial charge in [0.05, 0.1) is 12.6 Å². The van der Waals surface area contributed by atoms with Crippen LogP contribution in [0.4, 0.5) is 0 Å². The Morgan fingerprint density at radius 3 is 2.32 bits per heavy atom. The van der Waals surface area contributed by atoms with Crippen LogP contribution < -0.4 is 10.5 Å². The predicted molar refractivity (Wildman–Crippen MR) is 115 cm³/mol. The van der Waals surface area contributed by atoms with Gasteiger partial charge >= 0.3 is 0 Å². The van der Waals surface area contributed by atoms with Crippen LogP contribution in [0.25, 0.3) is 0 Å². The van der Waals surface area contributed by atoms with Gasteiger partial charge in [0, 0.05) is 45.9 Å². The molecular weight excluding hydrogens is 401 g/mol. The van der Waals surface area contributed by atoms with E-state index in [-0.39, 0.29) is 42.7 Å². The molecule has 1 aromatic carbocycles. The number of carbonyl (C=O) groups is 1. The third kappa shape index (κ3) is 6.78. The first-order valence-corrected chi connectivity index (χ1v) is 9.73. The molecule has 2 fully saturated rings. The maximum absolute atomic E-state index is 12.7. The maximum Gasteiger partial charge on any atom is 0.239 e. The van der Waals surface area contributed by atoms with Crippen LogP contribution in [-0.2, 0) is 16.1 Å². The van der Waals surface area contributed by atoms with Crippen LogP contribution in [0.2, 0.25) is 0 Å². The molecule has 1 amide bonds. The van der Waals surface area contributed by atoms with Gasteiger partial charge < -0.3 is 20.1 Å². The third-order valence-electron chi connectivity index (χ3n) is 5.38. The summed E-state index contributed by atoms with van der Waals surface area (Å²) in [6, 6.07) is 7.89. The number of benzene rings is 1. The summed E-state index contributed by atoms with van der Waals surface area (Å²) in [5.41, 5.74) is 7.52. The summed E-state index contributed by atoms with van der Waals surface area (Å²) in [6.07, 6.45) is 1.79. The SMILES string of the molecule is CCOc1ccc(CN2CCN(C(=O)C(N)C3CCOCC3)CC2)cc1.Cl.Cl. The first kappa shape index (κ1) is 25.0. The van der Waals surface area contributed by atoms with E-state index in [1.54, 1.807) is 0 Å². The van der Waals surface area contributed by atoms with Crippen LogP contribution in [0, 0.1) is 5.92 Å². The van der Waals surface area contributed by atoms with Crippen molar-refractivity contribution < 1.29 is 14.3 Å². The van der Waals surface area contributed by atoms with Gasteiger partial charge in [-0.05, 0) is 43.4 Å². The van der Waals surface area contributed by atoms with E-state index >= 15 is 0 Å². The molecule has 0 bridgehead atoms. The van der Waals surface area contributed by atoms with Crippen LogP contribution in [0.5, 0.6) is 5.75 Å². The van der Waals surface area contributed by atoms with E-state index in [0.29, 0.717) is 6.61 Å². The fourth-order valence-electron chi connectivity index (χ4n) is 3.73. The first-order chi connectivity index (χ1) is 12.7. The van der Waals surface area contributed by atoms with E-state index < -0.39 is 0 Å². The zero-order valence-corrected chi connectivity index (χ0v) is 18.2. The van der Waals surface area contributed by atoms with Crippen LogP contribution in [0.1, 0.15) is 25.3 Å². The van der Waals surface area contributed by atoms with Gasteiger partial charge in [-0.1, -0.05) is 12.1 Å². The molecule has 28 heavy (non-hydrogen) atoms. The Balaban J connectivity index is 0.00000196. The molecule has 1 atom stereocenters. The number of rotatable bonds is 6. The minimum atomic E-state index is -0.378. The highest BCUT2D eigenvalue weighted by Crippen LogP contribution is 2.20. The van der Waals surface area contributed by atoms with Crippen molar-refractivity contribution in [2.24, 2.45) is 11.7 Å². The van der Waals surface area contributed by atoms with Gasteiger partial charge in [0.25, 0.3) is 0 Å². The lowest BCUT2D eigenvalue weighted by atomic mass is 9.91. The van der Waals surface area contributed by atoms with Crippen molar-refractivity contribution in [3.63, 3.8) is 0 Å². The van der Waals surface area contributed by atoms with Gasteiger partial charge in [0.1, 0.15) is 5.75 Å². The lowest BCUT2D eigenvalue weighted by molar-refractivity contribution is -0.136. The largest absolute Gasteiger partial charge is 0.494 e. The minimum absolute atomic E-state index is 0. The average molecular weight is 434 g/mol.